The summed E-state index contributed by atoms with van der Waals surface area (Å²) in [6.07, 6.45) is 3.68. The normalized spacial score (nSPS) is 21.9. The van der Waals surface area contributed by atoms with E-state index in [9.17, 15) is 0 Å². The highest BCUT2D eigenvalue weighted by Crippen LogP contribution is 2.27. The summed E-state index contributed by atoms with van der Waals surface area (Å²) < 4.78 is 5.40. The number of ether oxygens (including phenoxy) is 1. The average Bonchev–Trinajstić information content (AvgIpc) is 3.05. The Kier molecular flexibility index (Phi) is 4.04. The summed E-state index contributed by atoms with van der Waals surface area (Å²) in [7, 11) is 2.17. The lowest BCUT2D eigenvalue weighted by Gasteiger charge is -2.13. The molecule has 1 unspecified atom stereocenters. The van der Waals surface area contributed by atoms with Crippen molar-refractivity contribution >= 4 is 5.69 Å². The Morgan fingerprint density at radius 1 is 1.42 bits per heavy atom. The van der Waals surface area contributed by atoms with Gasteiger partial charge in [0.15, 0.2) is 0 Å². The maximum absolute atomic E-state index is 5.40. The minimum Gasteiger partial charge on any atom is -0.381 e. The second-order valence-corrected chi connectivity index (χ2v) is 5.83. The molecule has 1 N–H and O–H groups in total. The Bertz CT molecular complexity index is 427. The number of rotatable bonds is 5. The van der Waals surface area contributed by atoms with Crippen LogP contribution < -0.4 is 10.2 Å². The van der Waals surface area contributed by atoms with Gasteiger partial charge in [0, 0.05) is 39.0 Å². The van der Waals surface area contributed by atoms with E-state index >= 15 is 0 Å². The zero-order valence-corrected chi connectivity index (χ0v) is 11.8. The molecular weight excluding hydrogens is 236 g/mol. The Morgan fingerprint density at radius 2 is 2.37 bits per heavy atom. The molecule has 0 bridgehead atoms. The smallest absolute Gasteiger partial charge is 0.0495 e. The van der Waals surface area contributed by atoms with Gasteiger partial charge < -0.3 is 15.0 Å². The monoisotopic (exact) mass is 260 g/mol. The molecule has 2 aliphatic rings. The SMILES string of the molecule is CN1CCc2cc(CNCCC3CCOC3)ccc21. The molecule has 19 heavy (non-hydrogen) atoms. The topological polar surface area (TPSA) is 24.5 Å². The van der Waals surface area contributed by atoms with Crippen LogP contribution in [0.3, 0.4) is 0 Å². The minimum absolute atomic E-state index is 0.779. The molecule has 0 aliphatic carbocycles. The van der Waals surface area contributed by atoms with Crippen LogP contribution in [0.25, 0.3) is 0 Å². The van der Waals surface area contributed by atoms with Gasteiger partial charge in [0.05, 0.1) is 0 Å². The fourth-order valence-corrected chi connectivity index (χ4v) is 3.08. The standard InChI is InChI=1S/C16H24N2O/c1-18-8-5-15-10-14(2-3-16(15)18)11-17-7-4-13-6-9-19-12-13/h2-3,10,13,17H,4-9,11-12H2,1H3. The fraction of sp³-hybridized carbons (Fsp3) is 0.625. The first-order chi connectivity index (χ1) is 9.33. The van der Waals surface area contributed by atoms with Gasteiger partial charge in [-0.1, -0.05) is 12.1 Å². The molecule has 1 atom stereocenters. The van der Waals surface area contributed by atoms with Gasteiger partial charge in [-0.05, 0) is 48.9 Å². The second kappa shape index (κ2) is 5.93. The van der Waals surface area contributed by atoms with Gasteiger partial charge in [-0.2, -0.15) is 0 Å². The minimum atomic E-state index is 0.779. The largest absolute Gasteiger partial charge is 0.381 e. The quantitative estimate of drug-likeness (QED) is 0.821. The summed E-state index contributed by atoms with van der Waals surface area (Å²) in [5.74, 6) is 0.779. The maximum atomic E-state index is 5.40. The number of anilines is 1. The molecule has 3 heteroatoms. The number of nitrogens with one attached hydrogen (secondary N) is 1. The molecule has 1 aromatic carbocycles. The predicted molar refractivity (Wildman–Crippen MR) is 78.7 cm³/mol. The van der Waals surface area contributed by atoms with Crippen molar-refractivity contribution in [3.8, 4) is 0 Å². The van der Waals surface area contributed by atoms with E-state index < -0.39 is 0 Å². The van der Waals surface area contributed by atoms with Crippen LogP contribution in [0, 0.1) is 5.92 Å². The van der Waals surface area contributed by atoms with Gasteiger partial charge in [-0.15, -0.1) is 0 Å². The zero-order valence-electron chi connectivity index (χ0n) is 11.8. The van der Waals surface area contributed by atoms with Gasteiger partial charge >= 0.3 is 0 Å². The predicted octanol–water partition coefficient (Wildman–Crippen LogP) is 2.20. The van der Waals surface area contributed by atoms with Crippen LogP contribution in [0.5, 0.6) is 0 Å². The van der Waals surface area contributed by atoms with Crippen LogP contribution in [0.2, 0.25) is 0 Å². The Labute approximate surface area is 115 Å². The molecule has 3 rings (SSSR count). The molecule has 0 radical (unpaired) electrons. The zero-order chi connectivity index (χ0) is 13.1. The van der Waals surface area contributed by atoms with E-state index in [2.05, 4.69) is 35.5 Å². The van der Waals surface area contributed by atoms with Crippen molar-refractivity contribution in [3.63, 3.8) is 0 Å². The first-order valence-corrected chi connectivity index (χ1v) is 7.44. The summed E-state index contributed by atoms with van der Waals surface area (Å²) in [5, 5.41) is 3.56. The Balaban J connectivity index is 1.45. The maximum Gasteiger partial charge on any atom is 0.0495 e. The molecule has 0 aromatic heterocycles. The van der Waals surface area contributed by atoms with Gasteiger partial charge in [0.2, 0.25) is 0 Å². The lowest BCUT2D eigenvalue weighted by molar-refractivity contribution is 0.184. The Hall–Kier alpha value is -1.06. The third-order valence-electron chi connectivity index (χ3n) is 4.35. The van der Waals surface area contributed by atoms with Crippen molar-refractivity contribution in [1.82, 2.24) is 5.32 Å². The highest BCUT2D eigenvalue weighted by Gasteiger charge is 2.16. The van der Waals surface area contributed by atoms with Crippen LogP contribution in [-0.4, -0.2) is 33.4 Å². The number of hydrogen-bond acceptors (Lipinski definition) is 3. The van der Waals surface area contributed by atoms with E-state index in [0.29, 0.717) is 0 Å². The third kappa shape index (κ3) is 3.10. The fourth-order valence-electron chi connectivity index (χ4n) is 3.08. The van der Waals surface area contributed by atoms with Gasteiger partial charge in [-0.3, -0.25) is 0 Å². The van der Waals surface area contributed by atoms with E-state index in [0.717, 1.165) is 38.8 Å². The van der Waals surface area contributed by atoms with Crippen LogP contribution in [0.15, 0.2) is 18.2 Å². The van der Waals surface area contributed by atoms with Crippen LogP contribution in [0.1, 0.15) is 24.0 Å². The number of benzene rings is 1. The van der Waals surface area contributed by atoms with E-state index in [1.807, 2.05) is 0 Å². The van der Waals surface area contributed by atoms with Crippen molar-refractivity contribution in [3.05, 3.63) is 29.3 Å². The molecule has 0 saturated carbocycles. The van der Waals surface area contributed by atoms with E-state index in [1.165, 1.54) is 36.1 Å². The number of nitrogens with zero attached hydrogens (tertiary/aromatic N) is 1. The molecule has 1 fully saturated rings. The molecule has 104 valence electrons. The summed E-state index contributed by atoms with van der Waals surface area (Å²) >= 11 is 0. The molecule has 2 heterocycles. The van der Waals surface area contributed by atoms with Crippen LogP contribution in [0.4, 0.5) is 5.69 Å². The lowest BCUT2D eigenvalue weighted by atomic mass is 10.1. The first-order valence-electron chi connectivity index (χ1n) is 7.44. The van der Waals surface area contributed by atoms with Gasteiger partial charge in [0.1, 0.15) is 0 Å². The molecule has 0 spiro atoms. The molecule has 1 saturated heterocycles. The van der Waals surface area contributed by atoms with Crippen LogP contribution >= 0.6 is 0 Å². The van der Waals surface area contributed by atoms with E-state index in [1.54, 1.807) is 0 Å². The number of hydrogen-bond donors (Lipinski definition) is 1. The van der Waals surface area contributed by atoms with Crippen molar-refractivity contribution in [2.75, 3.05) is 38.3 Å². The van der Waals surface area contributed by atoms with Gasteiger partial charge in [-0.25, -0.2) is 0 Å². The van der Waals surface area contributed by atoms with Crippen molar-refractivity contribution in [1.29, 1.82) is 0 Å². The summed E-state index contributed by atoms with van der Waals surface area (Å²) in [4.78, 5) is 2.34. The van der Waals surface area contributed by atoms with Crippen molar-refractivity contribution in [2.24, 2.45) is 5.92 Å². The highest BCUT2D eigenvalue weighted by atomic mass is 16.5. The first kappa shape index (κ1) is 12.9. The van der Waals surface area contributed by atoms with Crippen molar-refractivity contribution in [2.45, 2.75) is 25.8 Å². The van der Waals surface area contributed by atoms with Crippen LogP contribution in [-0.2, 0) is 17.7 Å². The lowest BCUT2D eigenvalue weighted by Crippen LogP contribution is -2.18. The molecule has 1 aromatic rings. The van der Waals surface area contributed by atoms with E-state index in [-0.39, 0.29) is 0 Å². The summed E-state index contributed by atoms with van der Waals surface area (Å²) in [6.45, 7) is 5.18. The van der Waals surface area contributed by atoms with Gasteiger partial charge in [0.25, 0.3) is 0 Å². The average molecular weight is 260 g/mol. The van der Waals surface area contributed by atoms with Crippen molar-refractivity contribution < 1.29 is 4.74 Å². The molecule has 2 aliphatic heterocycles. The molecular formula is C16H24N2O. The van der Waals surface area contributed by atoms with E-state index in [4.69, 9.17) is 4.74 Å². The Morgan fingerprint density at radius 3 is 3.21 bits per heavy atom. The number of likely N-dealkylation sites (N-methyl/N-ethyl adjacent to an activating group) is 1. The third-order valence-corrected chi connectivity index (χ3v) is 4.35. The molecule has 0 amide bonds. The summed E-state index contributed by atoms with van der Waals surface area (Å²) in [5.41, 5.74) is 4.33. The highest BCUT2D eigenvalue weighted by molar-refractivity contribution is 5.58. The second-order valence-electron chi connectivity index (χ2n) is 5.83. The summed E-state index contributed by atoms with van der Waals surface area (Å²) in [6, 6.07) is 6.89. The number of fused-ring (bicyclic) bond motifs is 1. The molecule has 3 nitrogen and oxygen atoms in total.